The lowest BCUT2D eigenvalue weighted by Crippen LogP contribution is -2.58. The zero-order chi connectivity index (χ0) is 14.2. The molecule has 1 amide bonds. The molecule has 0 saturated carbocycles. The molecular weight excluding hydrogens is 311 g/mol. The molecule has 0 spiro atoms. The van der Waals surface area contributed by atoms with Crippen molar-refractivity contribution in [1.29, 1.82) is 0 Å². The van der Waals surface area contributed by atoms with E-state index in [-0.39, 0.29) is 23.8 Å². The average Bonchev–Trinajstić information content (AvgIpc) is 2.25. The summed E-state index contributed by atoms with van der Waals surface area (Å²) >= 11 is 3.31. The van der Waals surface area contributed by atoms with Gasteiger partial charge in [-0.1, -0.05) is 15.9 Å². The maximum atomic E-state index is 13.5. The van der Waals surface area contributed by atoms with Crippen molar-refractivity contribution < 1.29 is 9.18 Å². The SMILES string of the molecule is CC(=O)N1C(C)CN(c2cc(F)cc(Br)c2)CC1C. The van der Waals surface area contributed by atoms with E-state index in [9.17, 15) is 9.18 Å². The lowest BCUT2D eigenvalue weighted by Gasteiger charge is -2.45. The van der Waals surface area contributed by atoms with Crippen LogP contribution in [0.3, 0.4) is 0 Å². The molecule has 1 fully saturated rings. The van der Waals surface area contributed by atoms with Crippen molar-refractivity contribution >= 4 is 27.5 Å². The van der Waals surface area contributed by atoms with E-state index in [4.69, 9.17) is 0 Å². The number of nitrogens with zero attached hydrogens (tertiary/aromatic N) is 2. The normalized spacial score (nSPS) is 23.6. The molecule has 5 heteroatoms. The van der Waals surface area contributed by atoms with Crippen molar-refractivity contribution in [2.45, 2.75) is 32.9 Å². The summed E-state index contributed by atoms with van der Waals surface area (Å²) in [6.45, 7) is 7.10. The molecular formula is C14H18BrFN2O. The Morgan fingerprint density at radius 3 is 2.32 bits per heavy atom. The lowest BCUT2D eigenvalue weighted by atomic mass is 10.1. The fourth-order valence-corrected chi connectivity index (χ4v) is 3.33. The van der Waals surface area contributed by atoms with Crippen LogP contribution in [0.5, 0.6) is 0 Å². The first kappa shape index (κ1) is 14.3. The van der Waals surface area contributed by atoms with Crippen LogP contribution < -0.4 is 4.90 Å². The Balaban J connectivity index is 2.22. The zero-order valence-electron chi connectivity index (χ0n) is 11.4. The molecule has 3 nitrogen and oxygen atoms in total. The number of benzene rings is 1. The molecule has 1 aromatic rings. The number of hydrogen-bond donors (Lipinski definition) is 0. The van der Waals surface area contributed by atoms with Crippen LogP contribution in [0.15, 0.2) is 22.7 Å². The van der Waals surface area contributed by atoms with Crippen LogP contribution in [0, 0.1) is 5.82 Å². The van der Waals surface area contributed by atoms with E-state index in [1.807, 2.05) is 24.8 Å². The van der Waals surface area contributed by atoms with Gasteiger partial charge in [0.2, 0.25) is 5.91 Å². The Morgan fingerprint density at radius 2 is 1.84 bits per heavy atom. The highest BCUT2D eigenvalue weighted by atomic mass is 79.9. The van der Waals surface area contributed by atoms with Crippen molar-refractivity contribution in [3.8, 4) is 0 Å². The molecule has 2 atom stereocenters. The van der Waals surface area contributed by atoms with Crippen LogP contribution >= 0.6 is 15.9 Å². The highest BCUT2D eigenvalue weighted by Gasteiger charge is 2.31. The summed E-state index contributed by atoms with van der Waals surface area (Å²) in [6.07, 6.45) is 0. The third-order valence-corrected chi connectivity index (χ3v) is 3.95. The molecule has 19 heavy (non-hydrogen) atoms. The largest absolute Gasteiger partial charge is 0.367 e. The fourth-order valence-electron chi connectivity index (χ4n) is 2.88. The number of hydrogen-bond acceptors (Lipinski definition) is 2. The molecule has 0 radical (unpaired) electrons. The third kappa shape index (κ3) is 3.08. The van der Waals surface area contributed by atoms with Crippen LogP contribution in [-0.4, -0.2) is 36.0 Å². The van der Waals surface area contributed by atoms with Gasteiger partial charge in [-0.25, -0.2) is 4.39 Å². The molecule has 1 aromatic carbocycles. The Kier molecular flexibility index (Phi) is 4.13. The van der Waals surface area contributed by atoms with Gasteiger partial charge in [-0.05, 0) is 32.0 Å². The van der Waals surface area contributed by atoms with E-state index in [0.29, 0.717) is 0 Å². The molecule has 2 rings (SSSR count). The van der Waals surface area contributed by atoms with Gasteiger partial charge in [0, 0.05) is 42.3 Å². The van der Waals surface area contributed by atoms with E-state index in [2.05, 4.69) is 20.8 Å². The number of carbonyl (C=O) groups excluding carboxylic acids is 1. The summed E-state index contributed by atoms with van der Waals surface area (Å²) < 4.78 is 14.2. The Morgan fingerprint density at radius 1 is 1.26 bits per heavy atom. The van der Waals surface area contributed by atoms with Crippen LogP contribution in [-0.2, 0) is 4.79 Å². The maximum Gasteiger partial charge on any atom is 0.220 e. The molecule has 0 aromatic heterocycles. The van der Waals surface area contributed by atoms with Crippen LogP contribution in [0.4, 0.5) is 10.1 Å². The van der Waals surface area contributed by atoms with Crippen LogP contribution in [0.25, 0.3) is 0 Å². The Labute approximate surface area is 121 Å². The minimum Gasteiger partial charge on any atom is -0.367 e. The predicted octanol–water partition coefficient (Wildman–Crippen LogP) is 3.03. The van der Waals surface area contributed by atoms with Gasteiger partial charge in [0.05, 0.1) is 0 Å². The molecule has 104 valence electrons. The van der Waals surface area contributed by atoms with Gasteiger partial charge < -0.3 is 9.80 Å². The maximum absolute atomic E-state index is 13.5. The number of carbonyl (C=O) groups is 1. The van der Waals surface area contributed by atoms with Gasteiger partial charge >= 0.3 is 0 Å². The zero-order valence-corrected chi connectivity index (χ0v) is 12.9. The number of amides is 1. The summed E-state index contributed by atoms with van der Waals surface area (Å²) in [7, 11) is 0. The molecule has 0 bridgehead atoms. The quantitative estimate of drug-likeness (QED) is 0.791. The van der Waals surface area contributed by atoms with E-state index in [1.54, 1.807) is 6.92 Å². The molecule has 0 N–H and O–H groups in total. The molecule has 1 aliphatic rings. The minimum atomic E-state index is -0.251. The van der Waals surface area contributed by atoms with Crippen molar-refractivity contribution in [3.05, 3.63) is 28.5 Å². The average molecular weight is 329 g/mol. The van der Waals surface area contributed by atoms with Crippen LogP contribution in [0.1, 0.15) is 20.8 Å². The number of piperazine rings is 1. The number of halogens is 2. The van der Waals surface area contributed by atoms with Crippen molar-refractivity contribution in [2.75, 3.05) is 18.0 Å². The topological polar surface area (TPSA) is 23.6 Å². The van der Waals surface area contributed by atoms with Gasteiger partial charge in [0.25, 0.3) is 0 Å². The summed E-state index contributed by atoms with van der Waals surface area (Å²) in [5, 5.41) is 0. The summed E-state index contributed by atoms with van der Waals surface area (Å²) in [5.41, 5.74) is 0.855. The second kappa shape index (κ2) is 5.49. The first-order chi connectivity index (χ1) is 8.88. The molecule has 1 aliphatic heterocycles. The smallest absolute Gasteiger partial charge is 0.220 e. The van der Waals surface area contributed by atoms with Gasteiger partial charge in [-0.15, -0.1) is 0 Å². The monoisotopic (exact) mass is 328 g/mol. The standard InChI is InChI=1S/C14H18BrFN2O/c1-9-7-17(8-10(2)18(9)11(3)19)14-5-12(15)4-13(16)6-14/h4-6,9-10H,7-8H2,1-3H3. The first-order valence-corrected chi connectivity index (χ1v) is 7.17. The summed E-state index contributed by atoms with van der Waals surface area (Å²) in [6, 6.07) is 5.15. The predicted molar refractivity (Wildman–Crippen MR) is 77.8 cm³/mol. The van der Waals surface area contributed by atoms with E-state index in [1.165, 1.54) is 12.1 Å². The fraction of sp³-hybridized carbons (Fsp3) is 0.500. The van der Waals surface area contributed by atoms with Gasteiger partial charge in [0.1, 0.15) is 5.82 Å². The summed E-state index contributed by atoms with van der Waals surface area (Å²) in [4.78, 5) is 15.6. The Hall–Kier alpha value is -1.10. The second-order valence-corrected chi connectivity index (χ2v) is 6.07. The van der Waals surface area contributed by atoms with Crippen molar-refractivity contribution in [2.24, 2.45) is 0 Å². The number of rotatable bonds is 1. The van der Waals surface area contributed by atoms with E-state index < -0.39 is 0 Å². The molecule has 0 aliphatic carbocycles. The first-order valence-electron chi connectivity index (χ1n) is 6.38. The van der Waals surface area contributed by atoms with Gasteiger partial charge in [0.15, 0.2) is 0 Å². The van der Waals surface area contributed by atoms with E-state index in [0.717, 1.165) is 23.2 Å². The third-order valence-electron chi connectivity index (χ3n) is 3.50. The second-order valence-electron chi connectivity index (χ2n) is 5.16. The minimum absolute atomic E-state index is 0.0973. The van der Waals surface area contributed by atoms with Crippen molar-refractivity contribution in [3.63, 3.8) is 0 Å². The molecule has 2 unspecified atom stereocenters. The van der Waals surface area contributed by atoms with Gasteiger partial charge in [-0.2, -0.15) is 0 Å². The lowest BCUT2D eigenvalue weighted by molar-refractivity contribution is -0.133. The molecule has 1 heterocycles. The highest BCUT2D eigenvalue weighted by molar-refractivity contribution is 9.10. The highest BCUT2D eigenvalue weighted by Crippen LogP contribution is 2.26. The summed E-state index contributed by atoms with van der Waals surface area (Å²) in [5.74, 6) is -0.154. The van der Waals surface area contributed by atoms with E-state index >= 15 is 0 Å². The Bertz CT molecular complexity index is 462. The van der Waals surface area contributed by atoms with Gasteiger partial charge in [-0.3, -0.25) is 4.79 Å². The van der Waals surface area contributed by atoms with Crippen molar-refractivity contribution in [1.82, 2.24) is 4.90 Å². The number of anilines is 1. The molecule has 1 saturated heterocycles. The van der Waals surface area contributed by atoms with Crippen LogP contribution in [0.2, 0.25) is 0 Å².